The fourth-order valence-corrected chi connectivity index (χ4v) is 10.2. The first-order valence-corrected chi connectivity index (χ1v) is 15.2. The normalized spacial score (nSPS) is 12.1. The molecular weight excluding hydrogens is 484 g/mol. The van der Waals surface area contributed by atoms with Crippen LogP contribution in [0.15, 0.2) is 146 Å². The van der Waals surface area contributed by atoms with Crippen LogP contribution in [0, 0.1) is 6.92 Å². The lowest BCUT2D eigenvalue weighted by molar-refractivity contribution is 1.26. The Balaban J connectivity index is 1.64. The molecule has 37 heavy (non-hydrogen) atoms. The molecule has 0 aliphatic rings. The van der Waals surface area contributed by atoms with Gasteiger partial charge in [0.1, 0.15) is 0 Å². The summed E-state index contributed by atoms with van der Waals surface area (Å²) in [6, 6.07) is 53.0. The second-order valence-electron chi connectivity index (χ2n) is 8.97. The minimum absolute atomic E-state index is 0.734. The Morgan fingerprint density at radius 3 is 1.43 bits per heavy atom. The van der Waals surface area contributed by atoms with E-state index in [-0.39, 0.29) is 0 Å². The van der Waals surface area contributed by atoms with Crippen molar-refractivity contribution in [1.29, 1.82) is 0 Å². The van der Waals surface area contributed by atoms with Gasteiger partial charge in [0, 0.05) is 16.4 Å². The minimum atomic E-state index is -0.838. The molecule has 0 aliphatic heterocycles. The maximum absolute atomic E-state index is 5.06. The Morgan fingerprint density at radius 2 is 0.865 bits per heavy atom. The van der Waals surface area contributed by atoms with E-state index in [1.54, 1.807) is 0 Å². The van der Waals surface area contributed by atoms with Gasteiger partial charge < -0.3 is 0 Å². The molecule has 1 atom stereocenters. The Morgan fingerprint density at radius 1 is 0.405 bits per heavy atom. The lowest BCUT2D eigenvalue weighted by Gasteiger charge is -2.27. The monoisotopic (exact) mass is 511 g/mol. The van der Waals surface area contributed by atoms with E-state index >= 15 is 0 Å². The smallest absolute Gasteiger partial charge is 0.0788 e. The quantitative estimate of drug-likeness (QED) is 0.248. The van der Waals surface area contributed by atoms with Crippen LogP contribution >= 0.6 is 15.8 Å². The second kappa shape index (κ2) is 10.8. The molecule has 0 N–H and O–H groups in total. The van der Waals surface area contributed by atoms with Gasteiger partial charge in [-0.2, -0.15) is 0 Å². The molecule has 0 aliphatic carbocycles. The number of pyridine rings is 1. The number of rotatable bonds is 6. The molecule has 0 bridgehead atoms. The highest BCUT2D eigenvalue weighted by Crippen LogP contribution is 2.40. The fourth-order valence-electron chi connectivity index (χ4n) is 4.82. The number of aryl methyl sites for hydroxylation is 1. The predicted molar refractivity (Wildman–Crippen MR) is 164 cm³/mol. The van der Waals surface area contributed by atoms with Crippen LogP contribution in [0.5, 0.6) is 0 Å². The van der Waals surface area contributed by atoms with Gasteiger partial charge >= 0.3 is 0 Å². The van der Waals surface area contributed by atoms with Crippen molar-refractivity contribution < 1.29 is 0 Å². The van der Waals surface area contributed by atoms with Crippen molar-refractivity contribution in [2.45, 2.75) is 6.92 Å². The summed E-state index contributed by atoms with van der Waals surface area (Å²) in [6.45, 7) is 2.08. The van der Waals surface area contributed by atoms with Gasteiger partial charge in [-0.3, -0.25) is 4.98 Å². The average Bonchev–Trinajstić information content (AvgIpc) is 2.96. The van der Waals surface area contributed by atoms with Crippen LogP contribution in [0.4, 0.5) is 0 Å². The zero-order valence-electron chi connectivity index (χ0n) is 20.7. The van der Waals surface area contributed by atoms with E-state index in [0.717, 1.165) is 11.2 Å². The molecule has 1 heterocycles. The van der Waals surface area contributed by atoms with E-state index in [0.29, 0.717) is 0 Å². The van der Waals surface area contributed by atoms with Gasteiger partial charge in [-0.05, 0) is 55.4 Å². The molecule has 1 nitrogen and oxygen atoms in total. The summed E-state index contributed by atoms with van der Waals surface area (Å²) < 4.78 is 0. The summed E-state index contributed by atoms with van der Waals surface area (Å²) in [4.78, 5) is 5.06. The van der Waals surface area contributed by atoms with Gasteiger partial charge in [0.15, 0.2) is 0 Å². The number of nitrogens with zero attached hydrogens (tertiary/aromatic N) is 1. The largest absolute Gasteiger partial charge is 0.252 e. The molecular formula is C34H27NP2. The standard InChI is InChI=1S/C34H27NP2/c1-26-24-25-27-14-13-23-33(34(27)35-26)37(30-19-9-4-10-20-30)32-22-12-11-21-31(32)36(28-15-5-2-6-16-28)29-17-7-3-8-18-29/h2-25H,1H3. The number of para-hydroxylation sites is 1. The second-order valence-corrected chi connectivity index (χ2v) is 13.3. The first-order valence-electron chi connectivity index (χ1n) is 12.5. The number of aromatic nitrogens is 1. The predicted octanol–water partition coefficient (Wildman–Crippen LogP) is 6.06. The van der Waals surface area contributed by atoms with Gasteiger partial charge in [0.05, 0.1) is 5.52 Å². The van der Waals surface area contributed by atoms with Crippen LogP contribution in [0.3, 0.4) is 0 Å². The van der Waals surface area contributed by atoms with E-state index in [4.69, 9.17) is 4.98 Å². The molecule has 0 amide bonds. The molecule has 3 heteroatoms. The van der Waals surface area contributed by atoms with Crippen molar-refractivity contribution in [3.05, 3.63) is 151 Å². The molecule has 5 aromatic carbocycles. The highest BCUT2D eigenvalue weighted by Gasteiger charge is 2.26. The zero-order chi connectivity index (χ0) is 25.0. The number of fused-ring (bicyclic) bond motifs is 1. The fraction of sp³-hybridized carbons (Fsp3) is 0.0294. The summed E-state index contributed by atoms with van der Waals surface area (Å²) in [5.74, 6) is 0. The van der Waals surface area contributed by atoms with Crippen molar-refractivity contribution in [3.63, 3.8) is 0 Å². The summed E-state index contributed by atoms with van der Waals surface area (Å²) in [5, 5.41) is 9.39. The van der Waals surface area contributed by atoms with Gasteiger partial charge in [0.2, 0.25) is 0 Å². The third-order valence-electron chi connectivity index (χ3n) is 6.49. The first-order chi connectivity index (χ1) is 18.3. The highest BCUT2D eigenvalue weighted by atomic mass is 31.1. The van der Waals surface area contributed by atoms with Gasteiger partial charge in [-0.1, -0.05) is 140 Å². The first kappa shape index (κ1) is 23.7. The molecule has 0 spiro atoms. The van der Waals surface area contributed by atoms with Crippen LogP contribution < -0.4 is 31.8 Å². The van der Waals surface area contributed by atoms with Crippen molar-refractivity contribution in [3.8, 4) is 0 Å². The summed E-state index contributed by atoms with van der Waals surface area (Å²) >= 11 is 0. The number of hydrogen-bond acceptors (Lipinski definition) is 1. The summed E-state index contributed by atoms with van der Waals surface area (Å²) in [7, 11) is -1.57. The molecule has 0 saturated heterocycles. The number of benzene rings is 5. The maximum atomic E-state index is 5.06. The Labute approximate surface area is 221 Å². The van der Waals surface area contributed by atoms with Crippen LogP contribution in [-0.4, -0.2) is 4.98 Å². The van der Waals surface area contributed by atoms with Gasteiger partial charge in [0.25, 0.3) is 0 Å². The summed E-state index contributed by atoms with van der Waals surface area (Å²) in [5.41, 5.74) is 2.16. The molecule has 0 saturated carbocycles. The van der Waals surface area contributed by atoms with Crippen LogP contribution in [0.25, 0.3) is 10.9 Å². The average molecular weight is 512 g/mol. The van der Waals surface area contributed by atoms with E-state index in [9.17, 15) is 0 Å². The molecule has 1 unspecified atom stereocenters. The maximum Gasteiger partial charge on any atom is 0.0788 e. The van der Waals surface area contributed by atoms with Crippen molar-refractivity contribution >= 4 is 58.6 Å². The zero-order valence-corrected chi connectivity index (χ0v) is 22.5. The van der Waals surface area contributed by atoms with Crippen LogP contribution in [-0.2, 0) is 0 Å². The molecule has 6 rings (SSSR count). The Hall–Kier alpha value is -3.63. The Kier molecular flexibility index (Phi) is 6.92. The van der Waals surface area contributed by atoms with Gasteiger partial charge in [-0.15, -0.1) is 0 Å². The van der Waals surface area contributed by atoms with E-state index < -0.39 is 15.8 Å². The van der Waals surface area contributed by atoms with Crippen molar-refractivity contribution in [2.24, 2.45) is 0 Å². The van der Waals surface area contributed by atoms with Crippen molar-refractivity contribution in [2.75, 3.05) is 0 Å². The number of hydrogen-bond donors (Lipinski definition) is 0. The third kappa shape index (κ3) is 4.86. The van der Waals surface area contributed by atoms with Crippen molar-refractivity contribution in [1.82, 2.24) is 4.98 Å². The molecule has 178 valence electrons. The van der Waals surface area contributed by atoms with E-state index in [1.165, 1.54) is 37.2 Å². The van der Waals surface area contributed by atoms with Gasteiger partial charge in [-0.25, -0.2) is 0 Å². The summed E-state index contributed by atoms with van der Waals surface area (Å²) in [6.07, 6.45) is 0. The highest BCUT2D eigenvalue weighted by molar-refractivity contribution is 7.85. The topological polar surface area (TPSA) is 12.9 Å². The molecule has 0 radical (unpaired) electrons. The van der Waals surface area contributed by atoms with Crippen LogP contribution in [0.1, 0.15) is 5.69 Å². The van der Waals surface area contributed by atoms with E-state index in [1.807, 2.05) is 0 Å². The lowest BCUT2D eigenvalue weighted by Crippen LogP contribution is -2.34. The molecule has 0 fully saturated rings. The minimum Gasteiger partial charge on any atom is -0.252 e. The SMILES string of the molecule is Cc1ccc2cccc(P(c3ccccc3)c3ccccc3P(c3ccccc3)c3ccccc3)c2n1. The third-order valence-corrected chi connectivity index (χ3v) is 11.7. The van der Waals surface area contributed by atoms with E-state index in [2.05, 4.69) is 153 Å². The Bertz CT molecular complexity index is 1590. The molecule has 1 aromatic heterocycles. The lowest BCUT2D eigenvalue weighted by atomic mass is 10.2. The molecule has 6 aromatic rings. The van der Waals surface area contributed by atoms with Crippen LogP contribution in [0.2, 0.25) is 0 Å².